The van der Waals surface area contributed by atoms with Crippen molar-refractivity contribution in [1.29, 1.82) is 0 Å². The van der Waals surface area contributed by atoms with Gasteiger partial charge in [0.1, 0.15) is 5.75 Å². The lowest BCUT2D eigenvalue weighted by Gasteiger charge is -2.16. The van der Waals surface area contributed by atoms with E-state index in [9.17, 15) is 0 Å². The van der Waals surface area contributed by atoms with Gasteiger partial charge < -0.3 is 25.0 Å². The Hall–Kier alpha value is -1.06. The van der Waals surface area contributed by atoms with Gasteiger partial charge in [-0.15, -0.1) is 24.0 Å². The van der Waals surface area contributed by atoms with Crippen LogP contribution in [0.3, 0.4) is 0 Å². The summed E-state index contributed by atoms with van der Waals surface area (Å²) in [4.78, 5) is 6.94. The number of hydrogen-bond acceptors (Lipinski definition) is 4. The average Bonchev–Trinajstić information content (AvgIpc) is 2.63. The van der Waals surface area contributed by atoms with Crippen LogP contribution in [0, 0.1) is 6.92 Å². The fourth-order valence-electron chi connectivity index (χ4n) is 2.61. The second-order valence-corrected chi connectivity index (χ2v) is 6.39. The topological polar surface area (TPSA) is 58.1 Å². The molecule has 1 aromatic rings. The van der Waals surface area contributed by atoms with Crippen LogP contribution in [0.25, 0.3) is 0 Å². The van der Waals surface area contributed by atoms with Crippen molar-refractivity contribution >= 4 is 29.9 Å². The van der Waals surface area contributed by atoms with E-state index in [1.54, 1.807) is 14.2 Å². The van der Waals surface area contributed by atoms with Gasteiger partial charge in [0.15, 0.2) is 5.96 Å². The zero-order valence-electron chi connectivity index (χ0n) is 17.5. The largest absolute Gasteiger partial charge is 0.496 e. The van der Waals surface area contributed by atoms with Crippen molar-refractivity contribution < 1.29 is 9.47 Å². The summed E-state index contributed by atoms with van der Waals surface area (Å²) in [7, 11) is 5.58. The second-order valence-electron chi connectivity index (χ2n) is 6.39. The summed E-state index contributed by atoms with van der Waals surface area (Å²) in [5, 5.41) is 6.71. The molecule has 27 heavy (non-hydrogen) atoms. The monoisotopic (exact) mass is 492 g/mol. The SMILES string of the molecule is CCNC(=NCCN(C)CCCOC)NCCc1ccc(C)c(OC)c1.I. The van der Waals surface area contributed by atoms with Gasteiger partial charge in [-0.2, -0.15) is 0 Å². The van der Waals surface area contributed by atoms with Crippen LogP contribution >= 0.6 is 24.0 Å². The molecule has 0 atom stereocenters. The molecule has 7 heteroatoms. The Labute approximate surface area is 182 Å². The van der Waals surface area contributed by atoms with Crippen molar-refractivity contribution in [2.24, 2.45) is 4.99 Å². The molecule has 1 rings (SSSR count). The molecule has 0 aliphatic rings. The highest BCUT2D eigenvalue weighted by Gasteiger charge is 2.02. The van der Waals surface area contributed by atoms with E-state index in [1.165, 1.54) is 5.56 Å². The van der Waals surface area contributed by atoms with Crippen molar-refractivity contribution in [2.45, 2.75) is 26.7 Å². The molecule has 0 radical (unpaired) electrons. The molecule has 0 saturated heterocycles. The summed E-state index contributed by atoms with van der Waals surface area (Å²) >= 11 is 0. The number of methoxy groups -OCH3 is 2. The molecule has 0 unspecified atom stereocenters. The zero-order valence-corrected chi connectivity index (χ0v) is 19.8. The van der Waals surface area contributed by atoms with Crippen molar-refractivity contribution in [3.63, 3.8) is 0 Å². The summed E-state index contributed by atoms with van der Waals surface area (Å²) in [6.45, 7) is 9.38. The predicted molar refractivity (Wildman–Crippen MR) is 125 cm³/mol. The highest BCUT2D eigenvalue weighted by atomic mass is 127. The first-order valence-electron chi connectivity index (χ1n) is 9.43. The third-order valence-electron chi connectivity index (χ3n) is 4.16. The van der Waals surface area contributed by atoms with Gasteiger partial charge in [0.05, 0.1) is 13.7 Å². The van der Waals surface area contributed by atoms with E-state index in [4.69, 9.17) is 9.47 Å². The van der Waals surface area contributed by atoms with Crippen LogP contribution in [-0.4, -0.2) is 71.5 Å². The molecule has 0 aliphatic heterocycles. The first kappa shape index (κ1) is 25.9. The van der Waals surface area contributed by atoms with Gasteiger partial charge >= 0.3 is 0 Å². The molecule has 0 heterocycles. The van der Waals surface area contributed by atoms with Gasteiger partial charge in [-0.25, -0.2) is 0 Å². The van der Waals surface area contributed by atoms with Gasteiger partial charge in [-0.05, 0) is 50.9 Å². The first-order chi connectivity index (χ1) is 12.6. The molecule has 6 nitrogen and oxygen atoms in total. The fraction of sp³-hybridized carbons (Fsp3) is 0.650. The average molecular weight is 492 g/mol. The number of rotatable bonds is 12. The number of aryl methyl sites for hydroxylation is 1. The normalized spacial score (nSPS) is 11.3. The maximum Gasteiger partial charge on any atom is 0.191 e. The van der Waals surface area contributed by atoms with Gasteiger partial charge in [-0.1, -0.05) is 12.1 Å². The molecule has 0 aromatic heterocycles. The van der Waals surface area contributed by atoms with Crippen LogP contribution in [0.1, 0.15) is 24.5 Å². The van der Waals surface area contributed by atoms with E-state index in [2.05, 4.69) is 59.6 Å². The third kappa shape index (κ3) is 11.4. The van der Waals surface area contributed by atoms with Crippen molar-refractivity contribution in [2.75, 3.05) is 60.6 Å². The van der Waals surface area contributed by atoms with Crippen LogP contribution in [0.4, 0.5) is 0 Å². The molecule has 2 N–H and O–H groups in total. The zero-order chi connectivity index (χ0) is 19.2. The number of ether oxygens (including phenoxy) is 2. The van der Waals surface area contributed by atoms with Crippen LogP contribution in [0.5, 0.6) is 5.75 Å². The Morgan fingerprint density at radius 1 is 1.19 bits per heavy atom. The number of benzene rings is 1. The highest BCUT2D eigenvalue weighted by Crippen LogP contribution is 2.18. The number of nitrogens with zero attached hydrogens (tertiary/aromatic N) is 2. The van der Waals surface area contributed by atoms with E-state index in [-0.39, 0.29) is 24.0 Å². The van der Waals surface area contributed by atoms with Crippen molar-refractivity contribution in [3.05, 3.63) is 29.3 Å². The van der Waals surface area contributed by atoms with Crippen LogP contribution in [0.15, 0.2) is 23.2 Å². The molecule has 0 saturated carbocycles. The molecule has 156 valence electrons. The van der Waals surface area contributed by atoms with E-state index >= 15 is 0 Å². The Kier molecular flexibility index (Phi) is 15.3. The number of aliphatic imine (C=N–C) groups is 1. The van der Waals surface area contributed by atoms with Gasteiger partial charge in [-0.3, -0.25) is 4.99 Å². The third-order valence-corrected chi connectivity index (χ3v) is 4.16. The molecule has 1 aromatic carbocycles. The Morgan fingerprint density at radius 3 is 2.63 bits per heavy atom. The fourth-order valence-corrected chi connectivity index (χ4v) is 2.61. The van der Waals surface area contributed by atoms with Crippen LogP contribution in [-0.2, 0) is 11.2 Å². The Bertz CT molecular complexity index is 541. The van der Waals surface area contributed by atoms with Crippen molar-refractivity contribution in [1.82, 2.24) is 15.5 Å². The predicted octanol–water partition coefficient (Wildman–Crippen LogP) is 2.69. The molecule has 0 fully saturated rings. The van der Waals surface area contributed by atoms with Gasteiger partial charge in [0.25, 0.3) is 0 Å². The molecule has 0 bridgehead atoms. The van der Waals surface area contributed by atoms with E-state index < -0.39 is 0 Å². The van der Waals surface area contributed by atoms with Gasteiger partial charge in [0.2, 0.25) is 0 Å². The molecule has 0 amide bonds. The molecular formula is C20H37IN4O2. The van der Waals surface area contributed by atoms with Crippen LogP contribution in [0.2, 0.25) is 0 Å². The molecule has 0 aliphatic carbocycles. The summed E-state index contributed by atoms with van der Waals surface area (Å²) in [5.41, 5.74) is 2.42. The molecule has 0 spiro atoms. The minimum Gasteiger partial charge on any atom is -0.496 e. The maximum atomic E-state index is 5.39. The van der Waals surface area contributed by atoms with E-state index in [1.807, 2.05) is 0 Å². The highest BCUT2D eigenvalue weighted by molar-refractivity contribution is 14.0. The number of halogens is 1. The number of hydrogen-bond donors (Lipinski definition) is 2. The van der Waals surface area contributed by atoms with Gasteiger partial charge in [0, 0.05) is 39.9 Å². The number of likely N-dealkylation sites (N-methyl/N-ethyl adjacent to an activating group) is 1. The lowest BCUT2D eigenvalue weighted by molar-refractivity contribution is 0.180. The second kappa shape index (κ2) is 15.9. The Balaban J connectivity index is 0.00000676. The summed E-state index contributed by atoms with van der Waals surface area (Å²) < 4.78 is 10.5. The number of guanidine groups is 1. The minimum atomic E-state index is 0. The van der Waals surface area contributed by atoms with E-state index in [0.717, 1.165) is 69.4 Å². The minimum absolute atomic E-state index is 0. The Morgan fingerprint density at radius 2 is 1.96 bits per heavy atom. The van der Waals surface area contributed by atoms with Crippen LogP contribution < -0.4 is 15.4 Å². The first-order valence-corrected chi connectivity index (χ1v) is 9.43. The standard InChI is InChI=1S/C20H36N4O2.HI/c1-6-21-20(23-12-14-24(3)13-7-15-25-4)22-11-10-18-9-8-17(2)19(16-18)26-5;/h8-9,16H,6-7,10-15H2,1-5H3,(H2,21,22,23);1H. The number of nitrogens with one attached hydrogen (secondary N) is 2. The summed E-state index contributed by atoms with van der Waals surface area (Å²) in [6.07, 6.45) is 1.98. The lowest BCUT2D eigenvalue weighted by Crippen LogP contribution is -2.39. The molecular weight excluding hydrogens is 455 g/mol. The maximum absolute atomic E-state index is 5.39. The quantitative estimate of drug-likeness (QED) is 0.204. The summed E-state index contributed by atoms with van der Waals surface area (Å²) in [6, 6.07) is 6.36. The summed E-state index contributed by atoms with van der Waals surface area (Å²) in [5.74, 6) is 1.82. The van der Waals surface area contributed by atoms with E-state index in [0.29, 0.717) is 0 Å². The lowest BCUT2D eigenvalue weighted by atomic mass is 10.1. The van der Waals surface area contributed by atoms with Crippen molar-refractivity contribution in [3.8, 4) is 5.75 Å². The smallest absolute Gasteiger partial charge is 0.191 e.